The summed E-state index contributed by atoms with van der Waals surface area (Å²) in [6.45, 7) is 6.20. The highest BCUT2D eigenvalue weighted by atomic mass is 16.7. The van der Waals surface area contributed by atoms with Crippen LogP contribution in [0.5, 0.6) is 0 Å². The number of rotatable bonds is 3. The first-order chi connectivity index (χ1) is 5.94. The van der Waals surface area contributed by atoms with E-state index < -0.39 is 11.8 Å². The van der Waals surface area contributed by atoms with Gasteiger partial charge in [-0.3, -0.25) is 4.79 Å². The minimum Gasteiger partial charge on any atom is -0.481 e. The molecule has 1 aliphatic rings. The van der Waals surface area contributed by atoms with Crippen molar-refractivity contribution < 1.29 is 19.4 Å². The van der Waals surface area contributed by atoms with Gasteiger partial charge in [0, 0.05) is 5.92 Å². The largest absolute Gasteiger partial charge is 0.481 e. The molecule has 4 heteroatoms. The van der Waals surface area contributed by atoms with Crippen LogP contribution in [-0.4, -0.2) is 29.6 Å². The van der Waals surface area contributed by atoms with Gasteiger partial charge in [-0.15, -0.1) is 0 Å². The first-order valence-electron chi connectivity index (χ1n) is 4.47. The van der Waals surface area contributed by atoms with Crippen molar-refractivity contribution in [3.8, 4) is 0 Å². The van der Waals surface area contributed by atoms with E-state index in [2.05, 4.69) is 0 Å². The third kappa shape index (κ3) is 2.42. The zero-order valence-corrected chi connectivity index (χ0v) is 8.24. The highest BCUT2D eigenvalue weighted by Gasteiger charge is 2.40. The molecule has 0 aromatic heterocycles. The molecule has 0 spiro atoms. The molecular weight excluding hydrogens is 172 g/mol. The molecule has 1 N–H and O–H groups in total. The number of hydrogen-bond donors (Lipinski definition) is 1. The second-order valence-electron chi connectivity index (χ2n) is 3.82. The molecule has 1 rings (SSSR count). The Balaban J connectivity index is 2.48. The lowest BCUT2D eigenvalue weighted by Gasteiger charge is -2.27. The topological polar surface area (TPSA) is 55.8 Å². The fourth-order valence-electron chi connectivity index (χ4n) is 1.26. The van der Waals surface area contributed by atoms with E-state index in [0.29, 0.717) is 6.61 Å². The van der Waals surface area contributed by atoms with E-state index in [1.165, 1.54) is 0 Å². The van der Waals surface area contributed by atoms with Crippen molar-refractivity contribution in [2.75, 3.05) is 6.61 Å². The van der Waals surface area contributed by atoms with Gasteiger partial charge in [0.05, 0.1) is 19.1 Å². The number of carboxylic acid groups (broad SMARTS) is 1. The number of carbonyl (C=O) groups is 1. The zero-order valence-electron chi connectivity index (χ0n) is 8.24. The van der Waals surface area contributed by atoms with Gasteiger partial charge in [-0.25, -0.2) is 0 Å². The van der Waals surface area contributed by atoms with Crippen molar-refractivity contribution in [2.24, 2.45) is 5.92 Å². The van der Waals surface area contributed by atoms with Gasteiger partial charge in [-0.05, 0) is 6.92 Å². The van der Waals surface area contributed by atoms with Crippen molar-refractivity contribution in [3.63, 3.8) is 0 Å². The molecule has 2 unspecified atom stereocenters. The quantitative estimate of drug-likeness (QED) is 0.724. The molecule has 1 fully saturated rings. The molecule has 0 radical (unpaired) electrons. The van der Waals surface area contributed by atoms with Crippen LogP contribution in [0.2, 0.25) is 0 Å². The minimum absolute atomic E-state index is 0.0162. The Bertz CT molecular complexity index is 202. The van der Waals surface area contributed by atoms with Crippen LogP contribution in [-0.2, 0) is 14.3 Å². The van der Waals surface area contributed by atoms with Gasteiger partial charge in [0.25, 0.3) is 0 Å². The number of aliphatic carboxylic acids is 1. The average molecular weight is 188 g/mol. The molecule has 2 atom stereocenters. The summed E-state index contributed by atoms with van der Waals surface area (Å²) in [5.41, 5.74) is 0. The second kappa shape index (κ2) is 3.64. The molecule has 76 valence electrons. The van der Waals surface area contributed by atoms with Crippen LogP contribution in [0.1, 0.15) is 27.2 Å². The van der Waals surface area contributed by atoms with Crippen LogP contribution in [0.15, 0.2) is 0 Å². The molecule has 0 aromatic carbocycles. The van der Waals surface area contributed by atoms with Crippen molar-refractivity contribution in [3.05, 3.63) is 0 Å². The summed E-state index contributed by atoms with van der Waals surface area (Å²) in [5.74, 6) is -1.23. The number of carboxylic acids is 1. The van der Waals surface area contributed by atoms with Gasteiger partial charge in [0.2, 0.25) is 0 Å². The van der Waals surface area contributed by atoms with E-state index in [-0.39, 0.29) is 18.4 Å². The molecule has 4 nitrogen and oxygen atoms in total. The summed E-state index contributed by atoms with van der Waals surface area (Å²) >= 11 is 0. The molecule has 0 bridgehead atoms. The molecular formula is C9H16O4. The van der Waals surface area contributed by atoms with E-state index in [1.54, 1.807) is 0 Å². The van der Waals surface area contributed by atoms with Crippen LogP contribution >= 0.6 is 0 Å². The fourth-order valence-corrected chi connectivity index (χ4v) is 1.26. The average Bonchev–Trinajstić information content (AvgIpc) is 2.32. The van der Waals surface area contributed by atoms with E-state index in [0.717, 1.165) is 0 Å². The van der Waals surface area contributed by atoms with Gasteiger partial charge >= 0.3 is 5.97 Å². The normalized spacial score (nSPS) is 34.0. The Morgan fingerprint density at radius 2 is 2.31 bits per heavy atom. The van der Waals surface area contributed by atoms with E-state index >= 15 is 0 Å². The lowest BCUT2D eigenvalue weighted by atomic mass is 10.1. The summed E-state index contributed by atoms with van der Waals surface area (Å²) in [4.78, 5) is 10.4. The molecule has 13 heavy (non-hydrogen) atoms. The van der Waals surface area contributed by atoms with Gasteiger partial charge in [0.15, 0.2) is 5.79 Å². The highest BCUT2D eigenvalue weighted by molar-refractivity contribution is 5.67. The molecule has 1 heterocycles. The molecule has 1 aliphatic heterocycles. The first-order valence-corrected chi connectivity index (χ1v) is 4.47. The van der Waals surface area contributed by atoms with Crippen molar-refractivity contribution in [1.82, 2.24) is 0 Å². The minimum atomic E-state index is -0.846. The third-order valence-electron chi connectivity index (χ3n) is 2.41. The van der Waals surface area contributed by atoms with Crippen molar-refractivity contribution in [1.29, 1.82) is 0 Å². The predicted molar refractivity (Wildman–Crippen MR) is 46.3 cm³/mol. The Morgan fingerprint density at radius 3 is 2.69 bits per heavy atom. The maximum Gasteiger partial charge on any atom is 0.306 e. The molecule has 0 aliphatic carbocycles. The van der Waals surface area contributed by atoms with Crippen molar-refractivity contribution >= 4 is 5.97 Å². The van der Waals surface area contributed by atoms with Crippen LogP contribution in [0.3, 0.4) is 0 Å². The molecule has 0 saturated carbocycles. The fraction of sp³-hybridized carbons (Fsp3) is 0.889. The maximum atomic E-state index is 10.4. The summed E-state index contributed by atoms with van der Waals surface area (Å²) in [7, 11) is 0. The summed E-state index contributed by atoms with van der Waals surface area (Å²) in [6.07, 6.45) is -0.285. The van der Waals surface area contributed by atoms with E-state index in [9.17, 15) is 4.79 Å². The Hall–Kier alpha value is -0.610. The number of ether oxygens (including phenoxy) is 2. The van der Waals surface area contributed by atoms with Crippen LogP contribution < -0.4 is 0 Å². The monoisotopic (exact) mass is 188 g/mol. The van der Waals surface area contributed by atoms with Gasteiger partial charge in [-0.2, -0.15) is 0 Å². The van der Waals surface area contributed by atoms with Crippen LogP contribution in [0.25, 0.3) is 0 Å². The maximum absolute atomic E-state index is 10.4. The van der Waals surface area contributed by atoms with Crippen molar-refractivity contribution in [2.45, 2.75) is 39.1 Å². The Kier molecular flexibility index (Phi) is 2.93. The molecule has 1 saturated heterocycles. The molecule has 0 amide bonds. The lowest BCUT2D eigenvalue weighted by molar-refractivity contribution is -0.185. The van der Waals surface area contributed by atoms with E-state index in [1.807, 2.05) is 20.8 Å². The Labute approximate surface area is 77.8 Å². The van der Waals surface area contributed by atoms with Crippen LogP contribution in [0.4, 0.5) is 0 Å². The van der Waals surface area contributed by atoms with E-state index in [4.69, 9.17) is 14.6 Å². The molecule has 0 aromatic rings. The zero-order chi connectivity index (χ0) is 10.1. The number of hydrogen-bond acceptors (Lipinski definition) is 3. The third-order valence-corrected chi connectivity index (χ3v) is 2.41. The SMILES string of the molecule is CC(C)C1(C)OCC(CC(=O)O)O1. The van der Waals surface area contributed by atoms with Gasteiger partial charge in [-0.1, -0.05) is 13.8 Å². The second-order valence-corrected chi connectivity index (χ2v) is 3.82. The Morgan fingerprint density at radius 1 is 1.69 bits per heavy atom. The lowest BCUT2D eigenvalue weighted by Crippen LogP contribution is -2.33. The standard InChI is InChI=1S/C9H16O4/c1-6(2)9(3)12-5-7(13-9)4-8(10)11/h6-7H,4-5H2,1-3H3,(H,10,11). The summed E-state index contributed by atoms with van der Waals surface area (Å²) in [5, 5.41) is 8.55. The summed E-state index contributed by atoms with van der Waals surface area (Å²) < 4.78 is 10.9. The highest BCUT2D eigenvalue weighted by Crippen LogP contribution is 2.31. The van der Waals surface area contributed by atoms with Gasteiger partial charge < -0.3 is 14.6 Å². The smallest absolute Gasteiger partial charge is 0.306 e. The van der Waals surface area contributed by atoms with Gasteiger partial charge in [0.1, 0.15) is 0 Å². The van der Waals surface area contributed by atoms with Crippen LogP contribution in [0, 0.1) is 5.92 Å². The first kappa shape index (κ1) is 10.5. The summed E-state index contributed by atoms with van der Waals surface area (Å²) in [6, 6.07) is 0. The predicted octanol–water partition coefficient (Wildman–Crippen LogP) is 1.25.